The van der Waals surface area contributed by atoms with Gasteiger partial charge in [-0.05, 0) is 44.2 Å². The largest absolute Gasteiger partial charge is 0.449 e. The van der Waals surface area contributed by atoms with Crippen LogP contribution in [-0.4, -0.2) is 28.8 Å². The van der Waals surface area contributed by atoms with Crippen LogP contribution in [0.5, 0.6) is 0 Å². The van der Waals surface area contributed by atoms with Crippen molar-refractivity contribution < 1.29 is 24.0 Å². The summed E-state index contributed by atoms with van der Waals surface area (Å²) in [6.07, 6.45) is -1.12. The normalized spacial score (nSPS) is 11.2. The van der Waals surface area contributed by atoms with Gasteiger partial charge in [0, 0.05) is 29.9 Å². The summed E-state index contributed by atoms with van der Waals surface area (Å²) in [6.45, 7) is 4.33. The molecule has 2 N–H and O–H groups in total. The number of anilines is 2. The van der Waals surface area contributed by atoms with E-state index in [1.165, 1.54) is 26.0 Å². The number of amides is 2. The molecule has 0 unspecified atom stereocenters. The summed E-state index contributed by atoms with van der Waals surface area (Å²) in [6, 6.07) is 10.3. The molecule has 0 saturated carbocycles. The molecule has 0 saturated heterocycles. The zero-order chi connectivity index (χ0) is 20.8. The number of nitro groups is 1. The fourth-order valence-electron chi connectivity index (χ4n) is 2.30. The van der Waals surface area contributed by atoms with Crippen LogP contribution >= 0.6 is 0 Å². The zero-order valence-electron chi connectivity index (χ0n) is 15.5. The summed E-state index contributed by atoms with van der Waals surface area (Å²) in [5.74, 6) is -1.62. The first kappa shape index (κ1) is 20.6. The molecule has 2 aromatic rings. The van der Waals surface area contributed by atoms with Crippen LogP contribution in [0.25, 0.3) is 0 Å². The van der Waals surface area contributed by atoms with Gasteiger partial charge in [0.15, 0.2) is 6.10 Å². The third kappa shape index (κ3) is 5.37. The Hall–Kier alpha value is -3.75. The molecule has 2 aromatic carbocycles. The molecule has 0 aliphatic rings. The lowest BCUT2D eigenvalue weighted by Gasteiger charge is -2.14. The van der Waals surface area contributed by atoms with Gasteiger partial charge in [0.1, 0.15) is 0 Å². The van der Waals surface area contributed by atoms with Gasteiger partial charge in [-0.15, -0.1) is 0 Å². The minimum atomic E-state index is -1.12. The number of ether oxygens (including phenoxy) is 1. The maximum absolute atomic E-state index is 12.2. The van der Waals surface area contributed by atoms with Crippen molar-refractivity contribution in [2.45, 2.75) is 26.9 Å². The van der Waals surface area contributed by atoms with Crippen LogP contribution in [0.15, 0.2) is 42.5 Å². The first-order valence-corrected chi connectivity index (χ1v) is 8.32. The maximum atomic E-state index is 12.2. The second kappa shape index (κ2) is 8.76. The quantitative estimate of drug-likeness (QED) is 0.447. The number of nitro benzene ring substituents is 1. The van der Waals surface area contributed by atoms with E-state index in [1.807, 2.05) is 0 Å². The summed E-state index contributed by atoms with van der Waals surface area (Å²) >= 11 is 0. The highest BCUT2D eigenvalue weighted by molar-refractivity contribution is 5.98. The number of aryl methyl sites for hydroxylation is 1. The average Bonchev–Trinajstić information content (AvgIpc) is 2.62. The molecule has 2 amide bonds. The minimum absolute atomic E-state index is 0.0170. The molecular weight excluding hydrogens is 366 g/mol. The number of nitrogens with one attached hydrogen (secondary N) is 2. The lowest BCUT2D eigenvalue weighted by Crippen LogP contribution is -2.30. The zero-order valence-corrected chi connectivity index (χ0v) is 15.5. The van der Waals surface area contributed by atoms with Crippen molar-refractivity contribution in [1.29, 1.82) is 0 Å². The Morgan fingerprint density at radius 2 is 1.61 bits per heavy atom. The van der Waals surface area contributed by atoms with Crippen LogP contribution in [0, 0.1) is 17.0 Å². The van der Waals surface area contributed by atoms with Crippen molar-refractivity contribution in [1.82, 2.24) is 0 Å². The van der Waals surface area contributed by atoms with Gasteiger partial charge < -0.3 is 15.4 Å². The van der Waals surface area contributed by atoms with Crippen molar-refractivity contribution in [2.75, 3.05) is 10.6 Å². The number of hydrogen-bond donors (Lipinski definition) is 2. The Bertz CT molecular complexity index is 924. The second-order valence-electron chi connectivity index (χ2n) is 6.05. The van der Waals surface area contributed by atoms with Crippen LogP contribution in [0.2, 0.25) is 0 Å². The number of carbonyl (C=O) groups is 3. The molecule has 0 aliphatic carbocycles. The van der Waals surface area contributed by atoms with Crippen LogP contribution in [-0.2, 0) is 14.3 Å². The predicted octanol–water partition coefficient (Wildman–Crippen LogP) is 3.05. The van der Waals surface area contributed by atoms with Crippen LogP contribution in [0.3, 0.4) is 0 Å². The number of benzene rings is 2. The highest BCUT2D eigenvalue weighted by Gasteiger charge is 2.21. The molecular formula is C19H19N3O6. The molecule has 9 heteroatoms. The first-order valence-electron chi connectivity index (χ1n) is 8.32. The first-order chi connectivity index (χ1) is 13.2. The topological polar surface area (TPSA) is 128 Å². The Labute approximate surface area is 160 Å². The lowest BCUT2D eigenvalue weighted by molar-refractivity contribution is -0.385. The van der Waals surface area contributed by atoms with Crippen LogP contribution in [0.1, 0.15) is 29.8 Å². The van der Waals surface area contributed by atoms with E-state index in [2.05, 4.69) is 10.6 Å². The highest BCUT2D eigenvalue weighted by Crippen LogP contribution is 2.20. The minimum Gasteiger partial charge on any atom is -0.449 e. The van der Waals surface area contributed by atoms with Gasteiger partial charge >= 0.3 is 5.97 Å². The van der Waals surface area contributed by atoms with E-state index >= 15 is 0 Å². The van der Waals surface area contributed by atoms with E-state index in [4.69, 9.17) is 4.74 Å². The highest BCUT2D eigenvalue weighted by atomic mass is 16.6. The Morgan fingerprint density at radius 1 is 1.04 bits per heavy atom. The Kier molecular flexibility index (Phi) is 6.43. The fraction of sp³-hybridized carbons (Fsp3) is 0.211. The third-order valence-corrected chi connectivity index (χ3v) is 3.77. The standard InChI is InChI=1S/C19H19N3O6/c1-11-4-5-14(10-17(11)22(26)27)19(25)28-12(2)18(24)21-16-8-6-15(7-9-16)20-13(3)23/h4-10,12H,1-3H3,(H,20,23)(H,21,24)/t12-/m1/s1. The van der Waals surface area contributed by atoms with Gasteiger partial charge in [0.2, 0.25) is 5.91 Å². The summed E-state index contributed by atoms with van der Waals surface area (Å²) in [5.41, 5.74) is 1.22. The molecule has 2 rings (SSSR count). The third-order valence-electron chi connectivity index (χ3n) is 3.77. The summed E-state index contributed by atoms with van der Waals surface area (Å²) in [7, 11) is 0. The van der Waals surface area contributed by atoms with Gasteiger partial charge in [-0.1, -0.05) is 6.07 Å². The molecule has 9 nitrogen and oxygen atoms in total. The van der Waals surface area contributed by atoms with E-state index < -0.39 is 22.9 Å². The molecule has 0 bridgehead atoms. The maximum Gasteiger partial charge on any atom is 0.339 e. The van der Waals surface area contributed by atoms with Crippen LogP contribution in [0.4, 0.5) is 17.1 Å². The number of nitrogens with zero attached hydrogens (tertiary/aromatic N) is 1. The number of carbonyl (C=O) groups excluding carboxylic acids is 3. The molecule has 0 aromatic heterocycles. The Balaban J connectivity index is 2.00. The van der Waals surface area contributed by atoms with Crippen molar-refractivity contribution in [3.63, 3.8) is 0 Å². The lowest BCUT2D eigenvalue weighted by atomic mass is 10.1. The molecule has 0 spiro atoms. The number of esters is 1. The number of rotatable bonds is 6. The average molecular weight is 385 g/mol. The molecule has 0 radical (unpaired) electrons. The van der Waals surface area contributed by atoms with Gasteiger partial charge in [0.25, 0.3) is 11.6 Å². The molecule has 1 atom stereocenters. The van der Waals surface area contributed by atoms with E-state index in [0.717, 1.165) is 6.07 Å². The molecule has 0 fully saturated rings. The van der Waals surface area contributed by atoms with Crippen molar-refractivity contribution in [2.24, 2.45) is 0 Å². The van der Waals surface area contributed by atoms with E-state index in [1.54, 1.807) is 31.2 Å². The molecule has 0 heterocycles. The molecule has 0 aliphatic heterocycles. The smallest absolute Gasteiger partial charge is 0.339 e. The second-order valence-corrected chi connectivity index (χ2v) is 6.05. The van der Waals surface area contributed by atoms with Crippen LogP contribution < -0.4 is 10.6 Å². The van der Waals surface area contributed by atoms with E-state index in [-0.39, 0.29) is 17.2 Å². The molecule has 146 valence electrons. The Morgan fingerprint density at radius 3 is 2.14 bits per heavy atom. The number of hydrogen-bond acceptors (Lipinski definition) is 6. The van der Waals surface area contributed by atoms with Gasteiger partial charge in [0.05, 0.1) is 10.5 Å². The van der Waals surface area contributed by atoms with Crippen molar-refractivity contribution >= 4 is 34.8 Å². The van der Waals surface area contributed by atoms with Gasteiger partial charge in [-0.3, -0.25) is 19.7 Å². The van der Waals surface area contributed by atoms with Crippen molar-refractivity contribution in [3.8, 4) is 0 Å². The molecule has 28 heavy (non-hydrogen) atoms. The summed E-state index contributed by atoms with van der Waals surface area (Å²) < 4.78 is 5.09. The monoisotopic (exact) mass is 385 g/mol. The summed E-state index contributed by atoms with van der Waals surface area (Å²) in [5, 5.41) is 16.2. The van der Waals surface area contributed by atoms with E-state index in [0.29, 0.717) is 16.9 Å². The van der Waals surface area contributed by atoms with Gasteiger partial charge in [-0.2, -0.15) is 0 Å². The summed E-state index contributed by atoms with van der Waals surface area (Å²) in [4.78, 5) is 45.8. The van der Waals surface area contributed by atoms with Crippen molar-refractivity contribution in [3.05, 3.63) is 63.7 Å². The van der Waals surface area contributed by atoms with E-state index in [9.17, 15) is 24.5 Å². The fourth-order valence-corrected chi connectivity index (χ4v) is 2.30. The SMILES string of the molecule is CC(=O)Nc1ccc(NC(=O)[C@@H](C)OC(=O)c2ccc(C)c([N+](=O)[O-])c2)cc1. The van der Waals surface area contributed by atoms with Gasteiger partial charge in [-0.25, -0.2) is 4.79 Å². The predicted molar refractivity (Wildman–Crippen MR) is 102 cm³/mol.